The van der Waals surface area contributed by atoms with Crippen LogP contribution in [0.4, 0.5) is 0 Å². The lowest BCUT2D eigenvalue weighted by Crippen LogP contribution is -2.15. The second-order valence-corrected chi connectivity index (χ2v) is 5.36. The molecule has 0 aromatic carbocycles. The topological polar surface area (TPSA) is 9.23 Å². The summed E-state index contributed by atoms with van der Waals surface area (Å²) in [6.45, 7) is 4.42. The van der Waals surface area contributed by atoms with Crippen LogP contribution in [0.3, 0.4) is 0 Å². The zero-order chi connectivity index (χ0) is 11.4. The molecule has 0 N–H and O–H groups in total. The van der Waals surface area contributed by atoms with Gasteiger partial charge in [0.15, 0.2) is 0 Å². The summed E-state index contributed by atoms with van der Waals surface area (Å²) in [5.74, 6) is 1.74. The predicted molar refractivity (Wildman–Crippen MR) is 69.2 cm³/mol. The molecule has 0 aromatic heterocycles. The summed E-state index contributed by atoms with van der Waals surface area (Å²) in [6.07, 6.45) is 15.7. The number of hydrogen-bond acceptors (Lipinski definition) is 1. The van der Waals surface area contributed by atoms with E-state index in [0.717, 1.165) is 12.2 Å². The van der Waals surface area contributed by atoms with E-state index in [0.29, 0.717) is 5.82 Å². The summed E-state index contributed by atoms with van der Waals surface area (Å²) in [7, 11) is 2.02. The van der Waals surface area contributed by atoms with Crippen molar-refractivity contribution in [3.8, 4) is 0 Å². The highest BCUT2D eigenvalue weighted by atomic mass is 16.4. The van der Waals surface area contributed by atoms with Crippen LogP contribution < -0.4 is 0 Å². The Balaban J connectivity index is 1.87. The molecule has 2 heteroatoms. The largest absolute Gasteiger partial charge is 0.565 e. The Morgan fingerprint density at radius 3 is 2.81 bits per heavy atom. The summed E-state index contributed by atoms with van der Waals surface area (Å²) in [5, 5.41) is 0. The average Bonchev–Trinajstić information content (AvgIpc) is 2.11. The quantitative estimate of drug-likeness (QED) is 0.510. The molecule has 2 aliphatic carbocycles. The Morgan fingerprint density at radius 1 is 1.31 bits per heavy atom. The third-order valence-corrected chi connectivity index (χ3v) is 3.24. The molecule has 1 radical (unpaired) electrons. The Hall–Kier alpha value is -0.915. The van der Waals surface area contributed by atoms with Crippen LogP contribution in [0.15, 0.2) is 36.1 Å². The van der Waals surface area contributed by atoms with Crippen molar-refractivity contribution in [1.82, 2.24) is 0 Å². The predicted octanol–water partition coefficient (Wildman–Crippen LogP) is 4.02. The molecular weight excluding hydrogens is 195 g/mol. The third-order valence-electron chi connectivity index (χ3n) is 3.24. The summed E-state index contributed by atoms with van der Waals surface area (Å²) < 4.78 is 5.72. The molecule has 0 unspecified atom stereocenters. The molecule has 0 atom stereocenters. The molecule has 2 rings (SSSR count). The number of hydrogen-bond donors (Lipinski definition) is 0. The molecular formula is C14H20BO. The molecule has 0 aliphatic heterocycles. The molecule has 1 fully saturated rings. The van der Waals surface area contributed by atoms with E-state index < -0.39 is 0 Å². The van der Waals surface area contributed by atoms with Crippen LogP contribution >= 0.6 is 0 Å². The van der Waals surface area contributed by atoms with Crippen LogP contribution in [0.25, 0.3) is 0 Å². The van der Waals surface area contributed by atoms with Crippen LogP contribution in [-0.4, -0.2) is 7.48 Å². The second kappa shape index (κ2) is 4.94. The van der Waals surface area contributed by atoms with Crippen LogP contribution in [0.2, 0.25) is 5.82 Å². The monoisotopic (exact) mass is 215 g/mol. The fourth-order valence-electron chi connectivity index (χ4n) is 1.85. The zero-order valence-electron chi connectivity index (χ0n) is 10.3. The first-order valence-corrected chi connectivity index (χ1v) is 6.22. The van der Waals surface area contributed by atoms with Gasteiger partial charge in [0.25, 0.3) is 0 Å². The first kappa shape index (κ1) is 11.6. The van der Waals surface area contributed by atoms with E-state index in [1.165, 1.54) is 19.3 Å². The van der Waals surface area contributed by atoms with Gasteiger partial charge < -0.3 is 4.65 Å². The fourth-order valence-corrected chi connectivity index (χ4v) is 1.85. The average molecular weight is 215 g/mol. The standard InChI is InChI=1S/C14H20BO/c1-14(2)10-4-8-13(9-5-11-14)16-15-12-6-3-7-12/h4-5,8,10-12H,3,6-7,9H2,1-2H3/b10-4-,11-5?,13-8-. The van der Waals surface area contributed by atoms with Crippen LogP contribution in [0, 0.1) is 5.41 Å². The summed E-state index contributed by atoms with van der Waals surface area (Å²) >= 11 is 0. The maximum atomic E-state index is 5.72. The van der Waals surface area contributed by atoms with Crippen LogP contribution in [0.1, 0.15) is 39.5 Å². The third kappa shape index (κ3) is 3.29. The van der Waals surface area contributed by atoms with Crippen LogP contribution in [0.5, 0.6) is 0 Å². The molecule has 0 saturated heterocycles. The van der Waals surface area contributed by atoms with Gasteiger partial charge in [0.1, 0.15) is 0 Å². The summed E-state index contributed by atoms with van der Waals surface area (Å²) in [6, 6.07) is 0. The van der Waals surface area contributed by atoms with Crippen molar-refractivity contribution in [3.05, 3.63) is 36.1 Å². The van der Waals surface area contributed by atoms with Gasteiger partial charge in [-0.15, -0.1) is 0 Å². The minimum absolute atomic E-state index is 0.166. The van der Waals surface area contributed by atoms with Crippen molar-refractivity contribution in [2.75, 3.05) is 0 Å². The van der Waals surface area contributed by atoms with Gasteiger partial charge in [-0.1, -0.05) is 57.4 Å². The lowest BCUT2D eigenvalue weighted by molar-refractivity contribution is 0.391. The molecule has 0 amide bonds. The van der Waals surface area contributed by atoms with E-state index in [1.807, 2.05) is 7.48 Å². The van der Waals surface area contributed by atoms with E-state index in [2.05, 4.69) is 44.2 Å². The Kier molecular flexibility index (Phi) is 3.57. The summed E-state index contributed by atoms with van der Waals surface area (Å²) in [5.41, 5.74) is 0.166. The lowest BCUT2D eigenvalue weighted by atomic mass is 9.66. The highest BCUT2D eigenvalue weighted by molar-refractivity contribution is 6.30. The van der Waals surface area contributed by atoms with Crippen molar-refractivity contribution < 1.29 is 4.65 Å². The molecule has 0 heterocycles. The maximum absolute atomic E-state index is 5.72. The van der Waals surface area contributed by atoms with E-state index >= 15 is 0 Å². The van der Waals surface area contributed by atoms with E-state index in [1.54, 1.807) is 0 Å². The smallest absolute Gasteiger partial charge is 0.372 e. The van der Waals surface area contributed by atoms with Gasteiger partial charge in [-0.25, -0.2) is 0 Å². The molecule has 1 nitrogen and oxygen atoms in total. The van der Waals surface area contributed by atoms with Crippen molar-refractivity contribution in [2.45, 2.75) is 45.3 Å². The molecule has 0 aromatic rings. The number of rotatable bonds is 3. The highest BCUT2D eigenvalue weighted by Gasteiger charge is 2.21. The van der Waals surface area contributed by atoms with Gasteiger partial charge in [0, 0.05) is 11.8 Å². The fraction of sp³-hybridized carbons (Fsp3) is 0.571. The number of allylic oxidation sites excluding steroid dienone is 5. The van der Waals surface area contributed by atoms with Gasteiger partial charge in [-0.3, -0.25) is 0 Å². The molecule has 0 spiro atoms. The van der Waals surface area contributed by atoms with E-state index in [4.69, 9.17) is 4.65 Å². The molecule has 1 saturated carbocycles. The van der Waals surface area contributed by atoms with E-state index in [-0.39, 0.29) is 5.41 Å². The lowest BCUT2D eigenvalue weighted by Gasteiger charge is -2.24. The Bertz CT molecular complexity index is 322. The summed E-state index contributed by atoms with van der Waals surface area (Å²) in [4.78, 5) is 0. The molecule has 16 heavy (non-hydrogen) atoms. The normalized spacial score (nSPS) is 29.2. The van der Waals surface area contributed by atoms with Crippen molar-refractivity contribution in [1.29, 1.82) is 0 Å². The van der Waals surface area contributed by atoms with Crippen molar-refractivity contribution >= 4 is 7.48 Å². The van der Waals surface area contributed by atoms with Crippen LogP contribution in [-0.2, 0) is 4.65 Å². The van der Waals surface area contributed by atoms with Crippen molar-refractivity contribution in [3.63, 3.8) is 0 Å². The SMILES string of the molecule is CC1(C)C=CC/C(O[B]C2CCC2)=C/C=C\1. The molecule has 85 valence electrons. The zero-order valence-corrected chi connectivity index (χ0v) is 10.3. The minimum atomic E-state index is 0.166. The molecule has 2 aliphatic rings. The van der Waals surface area contributed by atoms with Gasteiger partial charge in [-0.2, -0.15) is 0 Å². The van der Waals surface area contributed by atoms with E-state index in [9.17, 15) is 0 Å². The van der Waals surface area contributed by atoms with Gasteiger partial charge in [0.2, 0.25) is 0 Å². The molecule has 0 bridgehead atoms. The van der Waals surface area contributed by atoms with Gasteiger partial charge >= 0.3 is 7.48 Å². The Labute approximate surface area is 99.5 Å². The maximum Gasteiger partial charge on any atom is 0.372 e. The minimum Gasteiger partial charge on any atom is -0.565 e. The highest BCUT2D eigenvalue weighted by Crippen LogP contribution is 2.32. The Morgan fingerprint density at radius 2 is 2.12 bits per heavy atom. The first-order valence-electron chi connectivity index (χ1n) is 6.22. The van der Waals surface area contributed by atoms with Gasteiger partial charge in [-0.05, 0) is 11.9 Å². The van der Waals surface area contributed by atoms with Gasteiger partial charge in [0.05, 0.1) is 5.76 Å². The first-order chi connectivity index (χ1) is 7.66. The second-order valence-electron chi connectivity index (χ2n) is 5.36. The van der Waals surface area contributed by atoms with Crippen molar-refractivity contribution in [2.24, 2.45) is 5.41 Å².